The normalized spacial score (nSPS) is 10.0. The molecule has 0 saturated carbocycles. The summed E-state index contributed by atoms with van der Waals surface area (Å²) < 4.78 is 0. The summed E-state index contributed by atoms with van der Waals surface area (Å²) in [6, 6.07) is 14.7. The van der Waals surface area contributed by atoms with Gasteiger partial charge >= 0.3 is 5.97 Å². The fourth-order valence-corrected chi connectivity index (χ4v) is 2.79. The molecule has 0 fully saturated rings. The SMILES string of the molecule is Cc1ccc(C(=O)O)cc1SCc1cccc(C#N)c1. The predicted octanol–water partition coefficient (Wildman–Crippen LogP) is 3.86. The third-order valence-electron chi connectivity index (χ3n) is 2.89. The summed E-state index contributed by atoms with van der Waals surface area (Å²) in [6.07, 6.45) is 0. The van der Waals surface area contributed by atoms with Gasteiger partial charge in [0.05, 0.1) is 17.2 Å². The summed E-state index contributed by atoms with van der Waals surface area (Å²) in [5.74, 6) is -0.210. The highest BCUT2D eigenvalue weighted by molar-refractivity contribution is 7.98. The van der Waals surface area contributed by atoms with Gasteiger partial charge in [-0.25, -0.2) is 4.79 Å². The number of aromatic carboxylic acids is 1. The number of carboxylic acids is 1. The van der Waals surface area contributed by atoms with Crippen molar-refractivity contribution >= 4 is 17.7 Å². The molecule has 2 rings (SSSR count). The number of benzene rings is 2. The number of nitrogens with zero attached hydrogens (tertiary/aromatic N) is 1. The molecule has 2 aromatic rings. The number of carboxylic acid groups (broad SMARTS) is 1. The quantitative estimate of drug-likeness (QED) is 0.866. The summed E-state index contributed by atoms with van der Waals surface area (Å²) in [7, 11) is 0. The molecule has 3 nitrogen and oxygen atoms in total. The molecule has 0 radical (unpaired) electrons. The van der Waals surface area contributed by atoms with E-state index in [0.29, 0.717) is 16.9 Å². The van der Waals surface area contributed by atoms with Gasteiger partial charge < -0.3 is 5.11 Å². The number of hydrogen-bond acceptors (Lipinski definition) is 3. The Balaban J connectivity index is 2.16. The second kappa shape index (κ2) is 6.27. The molecular formula is C16H13NO2S. The lowest BCUT2D eigenvalue weighted by Crippen LogP contribution is -1.96. The maximum absolute atomic E-state index is 11.0. The summed E-state index contributed by atoms with van der Waals surface area (Å²) in [5.41, 5.74) is 3.04. The van der Waals surface area contributed by atoms with Gasteiger partial charge in [-0.3, -0.25) is 0 Å². The summed E-state index contributed by atoms with van der Waals surface area (Å²) in [5, 5.41) is 17.9. The molecule has 4 heteroatoms. The second-order valence-corrected chi connectivity index (χ2v) is 5.40. The van der Waals surface area contributed by atoms with Gasteiger partial charge in [-0.15, -0.1) is 11.8 Å². The molecule has 0 aliphatic carbocycles. The number of carbonyl (C=O) groups is 1. The first-order valence-corrected chi connectivity index (χ1v) is 7.04. The molecule has 0 aromatic heterocycles. The van der Waals surface area contributed by atoms with Crippen LogP contribution in [0.4, 0.5) is 0 Å². The minimum atomic E-state index is -0.918. The molecule has 0 amide bonds. The lowest BCUT2D eigenvalue weighted by atomic mass is 10.1. The first kappa shape index (κ1) is 14.2. The Kier molecular flexibility index (Phi) is 4.44. The average molecular weight is 283 g/mol. The molecule has 0 saturated heterocycles. The van der Waals surface area contributed by atoms with Gasteiger partial charge in [0.15, 0.2) is 0 Å². The van der Waals surface area contributed by atoms with E-state index in [1.165, 1.54) is 0 Å². The Morgan fingerprint density at radius 3 is 2.80 bits per heavy atom. The maximum Gasteiger partial charge on any atom is 0.335 e. The standard InChI is InChI=1S/C16H13NO2S/c1-11-5-6-14(16(18)19)8-15(11)20-10-13-4-2-3-12(7-13)9-17/h2-8H,10H2,1H3,(H,18,19). The highest BCUT2D eigenvalue weighted by Gasteiger charge is 2.07. The molecule has 0 spiro atoms. The van der Waals surface area contributed by atoms with Crippen LogP contribution in [-0.4, -0.2) is 11.1 Å². The average Bonchev–Trinajstić information content (AvgIpc) is 2.46. The molecule has 20 heavy (non-hydrogen) atoms. The van der Waals surface area contributed by atoms with Crippen molar-refractivity contribution in [3.63, 3.8) is 0 Å². The molecule has 0 unspecified atom stereocenters. The van der Waals surface area contributed by atoms with Crippen LogP contribution in [0.25, 0.3) is 0 Å². The van der Waals surface area contributed by atoms with Crippen molar-refractivity contribution in [3.05, 3.63) is 64.7 Å². The van der Waals surface area contributed by atoms with Crippen LogP contribution < -0.4 is 0 Å². The maximum atomic E-state index is 11.0. The molecule has 0 aliphatic rings. The van der Waals surface area contributed by atoms with Crippen LogP contribution in [0.2, 0.25) is 0 Å². The Labute approximate surface area is 121 Å². The fourth-order valence-electron chi connectivity index (χ4n) is 1.78. The van der Waals surface area contributed by atoms with Gasteiger partial charge in [-0.05, 0) is 42.3 Å². The highest BCUT2D eigenvalue weighted by atomic mass is 32.2. The van der Waals surface area contributed by atoms with Crippen molar-refractivity contribution in [2.45, 2.75) is 17.6 Å². The van der Waals surface area contributed by atoms with Crippen molar-refractivity contribution in [2.75, 3.05) is 0 Å². The highest BCUT2D eigenvalue weighted by Crippen LogP contribution is 2.27. The zero-order valence-electron chi connectivity index (χ0n) is 11.0. The molecule has 0 atom stereocenters. The van der Waals surface area contributed by atoms with Crippen molar-refractivity contribution in [1.82, 2.24) is 0 Å². The van der Waals surface area contributed by atoms with Crippen LogP contribution in [0.3, 0.4) is 0 Å². The van der Waals surface area contributed by atoms with Crippen LogP contribution >= 0.6 is 11.8 Å². The van der Waals surface area contributed by atoms with Crippen molar-refractivity contribution < 1.29 is 9.90 Å². The minimum absolute atomic E-state index is 0.295. The van der Waals surface area contributed by atoms with E-state index in [2.05, 4.69) is 6.07 Å². The van der Waals surface area contributed by atoms with Crippen LogP contribution in [0.15, 0.2) is 47.4 Å². The van der Waals surface area contributed by atoms with E-state index in [1.807, 2.05) is 31.2 Å². The van der Waals surface area contributed by atoms with E-state index in [1.54, 1.807) is 30.0 Å². The Morgan fingerprint density at radius 1 is 1.30 bits per heavy atom. The fraction of sp³-hybridized carbons (Fsp3) is 0.125. The van der Waals surface area contributed by atoms with Crippen LogP contribution in [0.5, 0.6) is 0 Å². The van der Waals surface area contributed by atoms with E-state index in [-0.39, 0.29) is 0 Å². The number of thioether (sulfide) groups is 1. The van der Waals surface area contributed by atoms with Gasteiger partial charge in [0.1, 0.15) is 0 Å². The van der Waals surface area contributed by atoms with Gasteiger partial charge in [0, 0.05) is 10.6 Å². The monoisotopic (exact) mass is 283 g/mol. The van der Waals surface area contributed by atoms with E-state index < -0.39 is 5.97 Å². The lowest BCUT2D eigenvalue weighted by molar-refractivity contribution is 0.0696. The first-order chi connectivity index (χ1) is 9.60. The number of aryl methyl sites for hydroxylation is 1. The van der Waals surface area contributed by atoms with Gasteiger partial charge in [0.2, 0.25) is 0 Å². The Bertz CT molecular complexity index is 689. The van der Waals surface area contributed by atoms with Crippen LogP contribution in [0, 0.1) is 18.3 Å². The van der Waals surface area contributed by atoms with E-state index in [4.69, 9.17) is 10.4 Å². The number of hydrogen-bond donors (Lipinski definition) is 1. The third kappa shape index (κ3) is 3.40. The topological polar surface area (TPSA) is 61.1 Å². The van der Waals surface area contributed by atoms with Crippen molar-refractivity contribution in [1.29, 1.82) is 5.26 Å². The lowest BCUT2D eigenvalue weighted by Gasteiger charge is -2.07. The van der Waals surface area contributed by atoms with Gasteiger partial charge in [0.25, 0.3) is 0 Å². The summed E-state index contributed by atoms with van der Waals surface area (Å²) >= 11 is 1.58. The van der Waals surface area contributed by atoms with Crippen molar-refractivity contribution in [3.8, 4) is 6.07 Å². The molecule has 0 bridgehead atoms. The third-order valence-corrected chi connectivity index (χ3v) is 4.11. The number of nitriles is 1. The van der Waals surface area contributed by atoms with E-state index in [9.17, 15) is 4.79 Å². The Hall–Kier alpha value is -2.25. The summed E-state index contributed by atoms with van der Waals surface area (Å²) in [4.78, 5) is 11.9. The van der Waals surface area contributed by atoms with Crippen molar-refractivity contribution in [2.24, 2.45) is 0 Å². The van der Waals surface area contributed by atoms with E-state index >= 15 is 0 Å². The second-order valence-electron chi connectivity index (χ2n) is 4.39. The Morgan fingerprint density at radius 2 is 2.10 bits per heavy atom. The summed E-state index contributed by atoms with van der Waals surface area (Å²) in [6.45, 7) is 1.96. The first-order valence-electron chi connectivity index (χ1n) is 6.06. The van der Waals surface area contributed by atoms with Crippen LogP contribution in [0.1, 0.15) is 27.0 Å². The molecule has 0 heterocycles. The predicted molar refractivity (Wildman–Crippen MR) is 78.9 cm³/mol. The minimum Gasteiger partial charge on any atom is -0.478 e. The zero-order chi connectivity index (χ0) is 14.5. The smallest absolute Gasteiger partial charge is 0.335 e. The molecule has 100 valence electrons. The number of rotatable bonds is 4. The zero-order valence-corrected chi connectivity index (χ0v) is 11.8. The molecular weight excluding hydrogens is 270 g/mol. The van der Waals surface area contributed by atoms with Gasteiger partial charge in [-0.1, -0.05) is 18.2 Å². The molecule has 2 aromatic carbocycles. The van der Waals surface area contributed by atoms with E-state index in [0.717, 1.165) is 16.0 Å². The van der Waals surface area contributed by atoms with Gasteiger partial charge in [-0.2, -0.15) is 5.26 Å². The van der Waals surface area contributed by atoms with Crippen LogP contribution in [-0.2, 0) is 5.75 Å². The largest absolute Gasteiger partial charge is 0.478 e. The molecule has 0 aliphatic heterocycles. The molecule has 1 N–H and O–H groups in total.